The Morgan fingerprint density at radius 2 is 1.50 bits per heavy atom. The van der Waals surface area contributed by atoms with Crippen molar-refractivity contribution in [1.29, 1.82) is 0 Å². The summed E-state index contributed by atoms with van der Waals surface area (Å²) < 4.78 is 0. The molecule has 3 heteroatoms. The fraction of sp³-hybridized carbons (Fsp3) is 0.143. The van der Waals surface area contributed by atoms with Crippen molar-refractivity contribution in [3.8, 4) is 11.5 Å². The SMILES string of the molecule is Cc1c(O)cccc1O.[K]. The summed E-state index contributed by atoms with van der Waals surface area (Å²) in [5, 5.41) is 17.9. The Balaban J connectivity index is 0.000000810. The second kappa shape index (κ2) is 4.36. The zero-order chi connectivity index (χ0) is 6.85. The van der Waals surface area contributed by atoms with Crippen molar-refractivity contribution >= 4 is 51.4 Å². The number of phenols is 2. The Morgan fingerprint density at radius 3 is 1.80 bits per heavy atom. The van der Waals surface area contributed by atoms with Crippen LogP contribution in [0.25, 0.3) is 0 Å². The first-order valence-corrected chi connectivity index (χ1v) is 2.69. The fourth-order valence-electron chi connectivity index (χ4n) is 0.612. The number of hydrogen-bond donors (Lipinski definition) is 2. The summed E-state index contributed by atoms with van der Waals surface area (Å²) in [6.45, 7) is 1.66. The maximum Gasteiger partial charge on any atom is 0.122 e. The fourth-order valence-corrected chi connectivity index (χ4v) is 0.612. The zero-order valence-electron chi connectivity index (χ0n) is 6.13. The van der Waals surface area contributed by atoms with Gasteiger partial charge in [-0.05, 0) is 19.1 Å². The maximum absolute atomic E-state index is 8.94. The molecule has 0 aromatic heterocycles. The third kappa shape index (κ3) is 2.25. The molecule has 2 nitrogen and oxygen atoms in total. The van der Waals surface area contributed by atoms with E-state index in [1.165, 1.54) is 12.1 Å². The molecule has 0 saturated carbocycles. The molecule has 1 aromatic carbocycles. The van der Waals surface area contributed by atoms with Crippen LogP contribution >= 0.6 is 0 Å². The summed E-state index contributed by atoms with van der Waals surface area (Å²) in [4.78, 5) is 0. The normalized spacial score (nSPS) is 8.50. The standard InChI is InChI=1S/C7H8O2.K/c1-5-6(8)3-2-4-7(5)9;/h2-4,8-9H,1H3;. The monoisotopic (exact) mass is 163 g/mol. The smallest absolute Gasteiger partial charge is 0.122 e. The molecular formula is C7H8KO2. The van der Waals surface area contributed by atoms with Gasteiger partial charge in [-0.25, -0.2) is 0 Å². The van der Waals surface area contributed by atoms with E-state index in [1.54, 1.807) is 13.0 Å². The van der Waals surface area contributed by atoms with Crippen molar-refractivity contribution in [2.45, 2.75) is 6.92 Å². The van der Waals surface area contributed by atoms with Gasteiger partial charge in [-0.3, -0.25) is 0 Å². The minimum absolute atomic E-state index is 0. The molecule has 10 heavy (non-hydrogen) atoms. The van der Waals surface area contributed by atoms with Gasteiger partial charge in [0.1, 0.15) is 11.5 Å². The van der Waals surface area contributed by atoms with Gasteiger partial charge >= 0.3 is 0 Å². The predicted octanol–water partition coefficient (Wildman–Crippen LogP) is 1.03. The second-order valence-corrected chi connectivity index (χ2v) is 1.92. The number of rotatable bonds is 0. The van der Waals surface area contributed by atoms with Gasteiger partial charge in [-0.15, -0.1) is 0 Å². The van der Waals surface area contributed by atoms with Crippen LogP contribution in [0.3, 0.4) is 0 Å². The molecule has 1 rings (SSSR count). The van der Waals surface area contributed by atoms with Crippen LogP contribution in [0.1, 0.15) is 5.56 Å². The van der Waals surface area contributed by atoms with Gasteiger partial charge in [0.05, 0.1) is 0 Å². The number of phenolic OH excluding ortho intramolecular Hbond substituents is 2. The summed E-state index contributed by atoms with van der Waals surface area (Å²) in [7, 11) is 0. The molecule has 0 spiro atoms. The Kier molecular flexibility index (Phi) is 4.56. The number of aromatic hydroxyl groups is 2. The molecule has 0 aliphatic heterocycles. The molecule has 0 amide bonds. The Bertz CT molecular complexity index is 203. The molecule has 0 bridgehead atoms. The molecule has 0 atom stereocenters. The number of hydrogen-bond acceptors (Lipinski definition) is 2. The predicted molar refractivity (Wildman–Crippen MR) is 40.3 cm³/mol. The van der Waals surface area contributed by atoms with Crippen LogP contribution in [0, 0.1) is 6.92 Å². The van der Waals surface area contributed by atoms with E-state index in [0.717, 1.165) is 0 Å². The van der Waals surface area contributed by atoms with Gasteiger partial charge < -0.3 is 10.2 Å². The average molecular weight is 163 g/mol. The molecule has 49 valence electrons. The van der Waals surface area contributed by atoms with Crippen molar-refractivity contribution in [3.05, 3.63) is 23.8 Å². The maximum atomic E-state index is 8.94. The van der Waals surface area contributed by atoms with E-state index >= 15 is 0 Å². The van der Waals surface area contributed by atoms with Gasteiger partial charge in [0.15, 0.2) is 0 Å². The van der Waals surface area contributed by atoms with Gasteiger partial charge in [-0.2, -0.15) is 0 Å². The van der Waals surface area contributed by atoms with E-state index in [-0.39, 0.29) is 62.9 Å². The van der Waals surface area contributed by atoms with E-state index in [1.807, 2.05) is 0 Å². The molecule has 0 aliphatic rings. The first kappa shape index (κ1) is 10.5. The first-order valence-electron chi connectivity index (χ1n) is 2.69. The molecule has 0 heterocycles. The van der Waals surface area contributed by atoms with E-state index in [2.05, 4.69) is 0 Å². The summed E-state index contributed by atoms with van der Waals surface area (Å²) in [6, 6.07) is 4.67. The topological polar surface area (TPSA) is 40.5 Å². The largest absolute Gasteiger partial charge is 0.508 e. The van der Waals surface area contributed by atoms with E-state index in [9.17, 15) is 0 Å². The van der Waals surface area contributed by atoms with Gasteiger partial charge in [0, 0.05) is 56.9 Å². The molecule has 0 fully saturated rings. The number of benzene rings is 1. The molecule has 0 saturated heterocycles. The zero-order valence-corrected chi connectivity index (χ0v) is 9.25. The first-order chi connectivity index (χ1) is 4.22. The Labute approximate surface area is 102 Å². The second-order valence-electron chi connectivity index (χ2n) is 1.92. The van der Waals surface area contributed by atoms with E-state index < -0.39 is 0 Å². The summed E-state index contributed by atoms with van der Waals surface area (Å²) >= 11 is 0. The molecule has 0 unspecified atom stereocenters. The molecular weight excluding hydrogens is 155 g/mol. The van der Waals surface area contributed by atoms with Gasteiger partial charge in [0.2, 0.25) is 0 Å². The van der Waals surface area contributed by atoms with Crippen molar-refractivity contribution in [1.82, 2.24) is 0 Å². The van der Waals surface area contributed by atoms with E-state index in [0.29, 0.717) is 5.56 Å². The van der Waals surface area contributed by atoms with Crippen molar-refractivity contribution in [2.75, 3.05) is 0 Å². The van der Waals surface area contributed by atoms with Gasteiger partial charge in [-0.1, -0.05) is 6.07 Å². The van der Waals surface area contributed by atoms with Crippen molar-refractivity contribution in [2.24, 2.45) is 0 Å². The van der Waals surface area contributed by atoms with Crippen LogP contribution in [0.2, 0.25) is 0 Å². The quantitative estimate of drug-likeness (QED) is 0.561. The minimum atomic E-state index is 0. The third-order valence-corrected chi connectivity index (χ3v) is 1.28. The van der Waals surface area contributed by atoms with Gasteiger partial charge in [0.25, 0.3) is 0 Å². The summed E-state index contributed by atoms with van der Waals surface area (Å²) in [6.07, 6.45) is 0. The summed E-state index contributed by atoms with van der Waals surface area (Å²) in [5.41, 5.74) is 0.525. The van der Waals surface area contributed by atoms with Crippen LogP contribution in [-0.2, 0) is 0 Å². The Hall–Kier alpha value is 0.456. The molecule has 2 N–H and O–H groups in total. The third-order valence-electron chi connectivity index (χ3n) is 1.28. The van der Waals surface area contributed by atoms with Crippen LogP contribution < -0.4 is 0 Å². The van der Waals surface area contributed by atoms with Crippen molar-refractivity contribution < 1.29 is 10.2 Å². The summed E-state index contributed by atoms with van der Waals surface area (Å²) in [5.74, 6) is 0.269. The van der Waals surface area contributed by atoms with Crippen molar-refractivity contribution in [3.63, 3.8) is 0 Å². The van der Waals surface area contributed by atoms with E-state index in [4.69, 9.17) is 10.2 Å². The van der Waals surface area contributed by atoms with Crippen LogP contribution in [0.15, 0.2) is 18.2 Å². The molecule has 0 aliphatic carbocycles. The molecule has 1 radical (unpaired) electrons. The van der Waals surface area contributed by atoms with Crippen LogP contribution in [0.5, 0.6) is 11.5 Å². The van der Waals surface area contributed by atoms with Crippen LogP contribution in [0.4, 0.5) is 0 Å². The Morgan fingerprint density at radius 1 is 1.10 bits per heavy atom. The average Bonchev–Trinajstić information content (AvgIpc) is 1.83. The molecule has 1 aromatic rings. The minimum Gasteiger partial charge on any atom is -0.508 e. The van der Waals surface area contributed by atoms with Crippen LogP contribution in [-0.4, -0.2) is 61.6 Å².